The third kappa shape index (κ3) is 2.68. The van der Waals surface area contributed by atoms with Crippen LogP contribution in [0.5, 0.6) is 0 Å². The number of anilines is 1. The van der Waals surface area contributed by atoms with Gasteiger partial charge in [-0.2, -0.15) is 0 Å². The van der Waals surface area contributed by atoms with Crippen LogP contribution in [0, 0.1) is 11.6 Å². The predicted molar refractivity (Wildman–Crippen MR) is 76.8 cm³/mol. The molecule has 3 rings (SSSR count). The lowest BCUT2D eigenvalue weighted by Crippen LogP contribution is -2.37. The van der Waals surface area contributed by atoms with Crippen LogP contribution in [0.4, 0.5) is 14.5 Å². The first-order valence-electron chi connectivity index (χ1n) is 6.67. The summed E-state index contributed by atoms with van der Waals surface area (Å²) in [5.74, 6) is -3.65. The van der Waals surface area contributed by atoms with Gasteiger partial charge >= 0.3 is 0 Å². The van der Waals surface area contributed by atoms with Crippen molar-refractivity contribution in [3.05, 3.63) is 65.2 Å². The normalized spacial score (nSPS) is 13.2. The molecule has 5 nitrogen and oxygen atoms in total. The standard InChI is InChI=1S/C16H10F2N2O3/c17-9-5-6-13(12(18)7-9)19-14(21)8-20-15(22)10-3-1-2-4-11(10)16(20)23/h1-7H,8H2,(H,19,21). The van der Waals surface area contributed by atoms with E-state index in [1.54, 1.807) is 12.1 Å². The number of amides is 3. The molecule has 0 saturated heterocycles. The van der Waals surface area contributed by atoms with E-state index in [-0.39, 0.29) is 16.8 Å². The van der Waals surface area contributed by atoms with Crippen LogP contribution in [0.2, 0.25) is 0 Å². The molecule has 1 aliphatic rings. The number of carbonyl (C=O) groups excluding carboxylic acids is 3. The molecule has 0 fully saturated rings. The average Bonchev–Trinajstić information content (AvgIpc) is 2.76. The first-order chi connectivity index (χ1) is 11.0. The molecule has 0 bridgehead atoms. The van der Waals surface area contributed by atoms with Crippen LogP contribution >= 0.6 is 0 Å². The third-order valence-electron chi connectivity index (χ3n) is 3.39. The van der Waals surface area contributed by atoms with Gasteiger partial charge in [0.05, 0.1) is 16.8 Å². The van der Waals surface area contributed by atoms with E-state index in [1.165, 1.54) is 12.1 Å². The summed E-state index contributed by atoms with van der Waals surface area (Å²) >= 11 is 0. The number of carbonyl (C=O) groups is 3. The topological polar surface area (TPSA) is 66.5 Å². The van der Waals surface area contributed by atoms with Gasteiger partial charge in [0.25, 0.3) is 11.8 Å². The van der Waals surface area contributed by atoms with Gasteiger partial charge in [-0.25, -0.2) is 8.78 Å². The maximum absolute atomic E-state index is 13.5. The Bertz CT molecular complexity index is 801. The number of rotatable bonds is 3. The van der Waals surface area contributed by atoms with E-state index in [0.29, 0.717) is 6.07 Å². The second-order valence-corrected chi connectivity index (χ2v) is 4.91. The van der Waals surface area contributed by atoms with Crippen LogP contribution in [0.25, 0.3) is 0 Å². The number of nitrogens with zero attached hydrogens (tertiary/aromatic N) is 1. The molecule has 0 saturated carbocycles. The fourth-order valence-electron chi connectivity index (χ4n) is 2.31. The van der Waals surface area contributed by atoms with Crippen molar-refractivity contribution in [2.24, 2.45) is 0 Å². The zero-order chi connectivity index (χ0) is 16.6. The Morgan fingerprint density at radius 2 is 1.61 bits per heavy atom. The predicted octanol–water partition coefficient (Wildman–Crippen LogP) is 2.20. The fraction of sp³-hybridized carbons (Fsp3) is 0.0625. The molecule has 7 heteroatoms. The third-order valence-corrected chi connectivity index (χ3v) is 3.39. The highest BCUT2D eigenvalue weighted by atomic mass is 19.1. The molecule has 2 aromatic carbocycles. The molecule has 0 spiro atoms. The van der Waals surface area contributed by atoms with E-state index in [4.69, 9.17) is 0 Å². The Balaban J connectivity index is 1.74. The first kappa shape index (κ1) is 14.8. The minimum atomic E-state index is -0.944. The van der Waals surface area contributed by atoms with Crippen molar-refractivity contribution < 1.29 is 23.2 Å². The summed E-state index contributed by atoms with van der Waals surface area (Å²) in [6.45, 7) is -0.552. The first-order valence-corrected chi connectivity index (χ1v) is 6.67. The van der Waals surface area contributed by atoms with Crippen LogP contribution in [0.15, 0.2) is 42.5 Å². The van der Waals surface area contributed by atoms with E-state index < -0.39 is 35.9 Å². The molecule has 2 aromatic rings. The quantitative estimate of drug-likeness (QED) is 0.883. The van der Waals surface area contributed by atoms with Crippen molar-refractivity contribution in [2.75, 3.05) is 11.9 Å². The van der Waals surface area contributed by atoms with Crippen molar-refractivity contribution in [1.82, 2.24) is 4.90 Å². The number of halogens is 2. The largest absolute Gasteiger partial charge is 0.322 e. The van der Waals surface area contributed by atoms with Gasteiger partial charge in [-0.1, -0.05) is 12.1 Å². The summed E-state index contributed by atoms with van der Waals surface area (Å²) in [6, 6.07) is 8.88. The molecule has 1 N–H and O–H groups in total. The van der Waals surface area contributed by atoms with Crippen molar-refractivity contribution in [3.8, 4) is 0 Å². The monoisotopic (exact) mass is 316 g/mol. The van der Waals surface area contributed by atoms with Gasteiger partial charge in [0, 0.05) is 6.07 Å². The van der Waals surface area contributed by atoms with Crippen LogP contribution in [-0.2, 0) is 4.79 Å². The Kier molecular flexibility index (Phi) is 3.61. The van der Waals surface area contributed by atoms with Gasteiger partial charge < -0.3 is 5.32 Å². The Morgan fingerprint density at radius 3 is 2.17 bits per heavy atom. The van der Waals surface area contributed by atoms with E-state index in [2.05, 4.69) is 5.32 Å². The highest BCUT2D eigenvalue weighted by molar-refractivity contribution is 6.22. The molecule has 0 aromatic heterocycles. The molecule has 1 heterocycles. The van der Waals surface area contributed by atoms with Gasteiger partial charge in [0.15, 0.2) is 0 Å². The molecule has 1 aliphatic heterocycles. The highest BCUT2D eigenvalue weighted by Gasteiger charge is 2.36. The summed E-state index contributed by atoms with van der Waals surface area (Å²) in [5, 5.41) is 2.21. The van der Waals surface area contributed by atoms with E-state index in [9.17, 15) is 23.2 Å². The molecule has 0 aliphatic carbocycles. The van der Waals surface area contributed by atoms with E-state index in [1.807, 2.05) is 0 Å². The number of imide groups is 1. The Labute approximate surface area is 129 Å². The number of hydrogen-bond acceptors (Lipinski definition) is 3. The SMILES string of the molecule is O=C(CN1C(=O)c2ccccc2C1=O)Nc1ccc(F)cc1F. The molecular weight excluding hydrogens is 306 g/mol. The molecule has 3 amide bonds. The van der Waals surface area contributed by atoms with Crippen molar-refractivity contribution in [3.63, 3.8) is 0 Å². The molecular formula is C16H10F2N2O3. The zero-order valence-corrected chi connectivity index (χ0v) is 11.7. The molecule has 23 heavy (non-hydrogen) atoms. The van der Waals surface area contributed by atoms with E-state index >= 15 is 0 Å². The van der Waals surface area contributed by atoms with Crippen LogP contribution < -0.4 is 5.32 Å². The molecule has 0 unspecified atom stereocenters. The minimum absolute atomic E-state index is 0.221. The second-order valence-electron chi connectivity index (χ2n) is 4.91. The minimum Gasteiger partial charge on any atom is -0.322 e. The lowest BCUT2D eigenvalue weighted by atomic mass is 10.1. The number of hydrogen-bond donors (Lipinski definition) is 1. The molecule has 0 radical (unpaired) electrons. The van der Waals surface area contributed by atoms with Gasteiger partial charge in [0.2, 0.25) is 5.91 Å². The molecule has 116 valence electrons. The Hall–Kier alpha value is -3.09. The summed E-state index contributed by atoms with van der Waals surface area (Å²) in [4.78, 5) is 36.9. The number of benzene rings is 2. The lowest BCUT2D eigenvalue weighted by Gasteiger charge is -2.13. The van der Waals surface area contributed by atoms with Gasteiger partial charge in [-0.05, 0) is 24.3 Å². The second kappa shape index (κ2) is 5.60. The van der Waals surface area contributed by atoms with Crippen LogP contribution in [0.1, 0.15) is 20.7 Å². The van der Waals surface area contributed by atoms with Crippen LogP contribution in [0.3, 0.4) is 0 Å². The lowest BCUT2D eigenvalue weighted by molar-refractivity contribution is -0.116. The summed E-state index contributed by atoms with van der Waals surface area (Å²) < 4.78 is 26.3. The number of nitrogens with one attached hydrogen (secondary N) is 1. The highest BCUT2D eigenvalue weighted by Crippen LogP contribution is 2.22. The fourth-order valence-corrected chi connectivity index (χ4v) is 2.31. The zero-order valence-electron chi connectivity index (χ0n) is 11.7. The maximum atomic E-state index is 13.5. The maximum Gasteiger partial charge on any atom is 0.262 e. The van der Waals surface area contributed by atoms with Crippen molar-refractivity contribution in [2.45, 2.75) is 0 Å². The average molecular weight is 316 g/mol. The number of fused-ring (bicyclic) bond motifs is 1. The smallest absolute Gasteiger partial charge is 0.262 e. The van der Waals surface area contributed by atoms with Gasteiger partial charge in [-0.3, -0.25) is 19.3 Å². The summed E-state index contributed by atoms with van der Waals surface area (Å²) in [6.07, 6.45) is 0. The van der Waals surface area contributed by atoms with Crippen LogP contribution in [-0.4, -0.2) is 29.2 Å². The summed E-state index contributed by atoms with van der Waals surface area (Å²) in [5.41, 5.74) is 0.213. The van der Waals surface area contributed by atoms with Gasteiger partial charge in [0.1, 0.15) is 18.2 Å². The Morgan fingerprint density at radius 1 is 1.00 bits per heavy atom. The van der Waals surface area contributed by atoms with Gasteiger partial charge in [-0.15, -0.1) is 0 Å². The summed E-state index contributed by atoms with van der Waals surface area (Å²) in [7, 11) is 0. The van der Waals surface area contributed by atoms with Crippen molar-refractivity contribution in [1.29, 1.82) is 0 Å². The van der Waals surface area contributed by atoms with Crippen molar-refractivity contribution >= 4 is 23.4 Å². The van der Waals surface area contributed by atoms with E-state index in [0.717, 1.165) is 17.0 Å². The molecule has 0 atom stereocenters.